The number of carbonyl (C=O) groups excluding carboxylic acids is 1. The van der Waals surface area contributed by atoms with Crippen LogP contribution >= 0.6 is 0 Å². The van der Waals surface area contributed by atoms with Gasteiger partial charge >= 0.3 is 0 Å². The number of anilines is 1. The quantitative estimate of drug-likeness (QED) is 0.590. The van der Waals surface area contributed by atoms with E-state index in [1.54, 1.807) is 30.6 Å². The third kappa shape index (κ3) is 4.55. The van der Waals surface area contributed by atoms with E-state index in [1.165, 1.54) is 12.1 Å². The van der Waals surface area contributed by atoms with Gasteiger partial charge in [-0.25, -0.2) is 19.3 Å². The Hall–Kier alpha value is -3.35. The normalized spacial score (nSPS) is 19.6. The first-order chi connectivity index (χ1) is 15.0. The van der Waals surface area contributed by atoms with Gasteiger partial charge in [0.05, 0.1) is 24.4 Å². The number of amides is 1. The minimum absolute atomic E-state index is 0.152. The highest BCUT2D eigenvalue weighted by atomic mass is 19.1. The van der Waals surface area contributed by atoms with Gasteiger partial charge in [0, 0.05) is 11.6 Å². The fraction of sp³-hybridized carbons (Fsp3) is 0.333. The van der Waals surface area contributed by atoms with E-state index in [0.717, 1.165) is 24.1 Å². The molecule has 2 heterocycles. The largest absolute Gasteiger partial charge is 0.489 e. The van der Waals surface area contributed by atoms with Gasteiger partial charge in [-0.2, -0.15) is 0 Å². The van der Waals surface area contributed by atoms with Crippen molar-refractivity contribution in [1.29, 1.82) is 0 Å². The maximum absolute atomic E-state index is 14.0. The average molecular weight is 420 g/mol. The molecular formula is C24H25FN4O2. The Kier molecular flexibility index (Phi) is 5.93. The summed E-state index contributed by atoms with van der Waals surface area (Å²) in [5.41, 5.74) is 0.980. The topological polar surface area (TPSA) is 77.0 Å². The number of aromatic nitrogens is 3. The molecule has 0 radical (unpaired) electrons. The first kappa shape index (κ1) is 20.9. The molecule has 1 N–H and O–H groups in total. The summed E-state index contributed by atoms with van der Waals surface area (Å²) in [5.74, 6) is 0.954. The van der Waals surface area contributed by atoms with Crippen LogP contribution in [0.5, 0.6) is 5.75 Å². The van der Waals surface area contributed by atoms with E-state index in [1.807, 2.05) is 19.1 Å². The number of benzene rings is 1. The molecule has 3 aromatic rings. The van der Waals surface area contributed by atoms with Crippen molar-refractivity contribution in [3.8, 4) is 5.75 Å². The summed E-state index contributed by atoms with van der Waals surface area (Å²) in [4.78, 5) is 25.9. The van der Waals surface area contributed by atoms with E-state index >= 15 is 0 Å². The molecule has 4 rings (SSSR count). The third-order valence-corrected chi connectivity index (χ3v) is 5.63. The van der Waals surface area contributed by atoms with E-state index in [0.29, 0.717) is 23.8 Å². The molecule has 0 spiro atoms. The van der Waals surface area contributed by atoms with Crippen molar-refractivity contribution in [3.05, 3.63) is 77.8 Å². The Labute approximate surface area is 180 Å². The van der Waals surface area contributed by atoms with Crippen LogP contribution in [-0.2, 0) is 16.6 Å². The maximum Gasteiger partial charge on any atom is 0.229 e. The van der Waals surface area contributed by atoms with Gasteiger partial charge in [0.25, 0.3) is 0 Å². The predicted molar refractivity (Wildman–Crippen MR) is 115 cm³/mol. The van der Waals surface area contributed by atoms with Crippen molar-refractivity contribution in [2.45, 2.75) is 38.5 Å². The zero-order valence-corrected chi connectivity index (χ0v) is 17.6. The van der Waals surface area contributed by atoms with Crippen molar-refractivity contribution in [1.82, 2.24) is 15.0 Å². The number of hydrogen-bond acceptors (Lipinski definition) is 5. The Bertz CT molecular complexity index is 1080. The summed E-state index contributed by atoms with van der Waals surface area (Å²) < 4.78 is 20.2. The van der Waals surface area contributed by atoms with Crippen LogP contribution in [0.2, 0.25) is 0 Å². The highest BCUT2D eigenvalue weighted by molar-refractivity contribution is 5.95. The van der Waals surface area contributed by atoms with Gasteiger partial charge in [0.2, 0.25) is 5.91 Å². The zero-order valence-electron chi connectivity index (χ0n) is 17.6. The molecule has 1 amide bonds. The summed E-state index contributed by atoms with van der Waals surface area (Å²) >= 11 is 0. The third-order valence-electron chi connectivity index (χ3n) is 5.63. The highest BCUT2D eigenvalue weighted by Crippen LogP contribution is 2.55. The Morgan fingerprint density at radius 2 is 2.13 bits per heavy atom. The summed E-state index contributed by atoms with van der Waals surface area (Å²) in [6.07, 6.45) is 5.56. The molecule has 0 aliphatic heterocycles. The number of nitrogens with one attached hydrogen (secondary N) is 1. The molecule has 2 atom stereocenters. The lowest BCUT2D eigenvalue weighted by Crippen LogP contribution is -2.27. The fourth-order valence-corrected chi connectivity index (χ4v) is 3.91. The molecule has 160 valence electrons. The van der Waals surface area contributed by atoms with Crippen molar-refractivity contribution in [3.63, 3.8) is 0 Å². The molecular weight excluding hydrogens is 395 g/mol. The second-order valence-corrected chi connectivity index (χ2v) is 7.89. The molecule has 7 heteroatoms. The van der Waals surface area contributed by atoms with Crippen LogP contribution in [-0.4, -0.2) is 27.5 Å². The fourth-order valence-electron chi connectivity index (χ4n) is 3.91. The molecule has 2 aromatic heterocycles. The van der Waals surface area contributed by atoms with Gasteiger partial charge in [-0.1, -0.05) is 31.5 Å². The van der Waals surface area contributed by atoms with Crippen molar-refractivity contribution in [2.75, 3.05) is 11.9 Å². The lowest BCUT2D eigenvalue weighted by Gasteiger charge is -2.20. The first-order valence-corrected chi connectivity index (χ1v) is 10.4. The highest BCUT2D eigenvalue weighted by Gasteiger charge is 2.60. The van der Waals surface area contributed by atoms with Crippen LogP contribution in [0, 0.1) is 18.7 Å². The number of carbonyl (C=O) groups is 1. The lowest BCUT2D eigenvalue weighted by molar-refractivity contribution is -0.117. The number of nitrogens with zero attached hydrogens (tertiary/aromatic N) is 3. The Morgan fingerprint density at radius 3 is 2.87 bits per heavy atom. The van der Waals surface area contributed by atoms with Crippen molar-refractivity contribution in [2.24, 2.45) is 5.92 Å². The predicted octanol–water partition coefficient (Wildman–Crippen LogP) is 4.25. The van der Waals surface area contributed by atoms with E-state index in [2.05, 4.69) is 27.2 Å². The van der Waals surface area contributed by atoms with Crippen LogP contribution in [0.25, 0.3) is 0 Å². The van der Waals surface area contributed by atoms with E-state index in [9.17, 15) is 9.18 Å². The van der Waals surface area contributed by atoms with E-state index in [4.69, 9.17) is 4.74 Å². The molecule has 1 aliphatic rings. The second-order valence-electron chi connectivity index (χ2n) is 7.89. The average Bonchev–Trinajstić information content (AvgIpc) is 3.50. The van der Waals surface area contributed by atoms with Crippen LogP contribution in [0.1, 0.15) is 36.8 Å². The van der Waals surface area contributed by atoms with Gasteiger partial charge in [0.15, 0.2) is 5.75 Å². The number of rotatable bonds is 8. The van der Waals surface area contributed by atoms with Crippen molar-refractivity contribution >= 4 is 11.7 Å². The van der Waals surface area contributed by atoms with Crippen molar-refractivity contribution < 1.29 is 13.9 Å². The molecule has 0 bridgehead atoms. The number of halogens is 1. The van der Waals surface area contributed by atoms with Gasteiger partial charge < -0.3 is 10.1 Å². The number of hydrogen-bond donors (Lipinski definition) is 1. The Balaban J connectivity index is 1.57. The molecule has 1 aliphatic carbocycles. The van der Waals surface area contributed by atoms with Crippen LogP contribution < -0.4 is 10.1 Å². The maximum atomic E-state index is 14.0. The van der Waals surface area contributed by atoms with Crippen LogP contribution in [0.15, 0.2) is 54.9 Å². The molecule has 31 heavy (non-hydrogen) atoms. The summed E-state index contributed by atoms with van der Waals surface area (Å²) in [6.45, 7) is 4.16. The van der Waals surface area contributed by atoms with Gasteiger partial charge in [-0.3, -0.25) is 4.79 Å². The summed E-state index contributed by atoms with van der Waals surface area (Å²) in [6, 6.07) is 11.7. The first-order valence-electron chi connectivity index (χ1n) is 10.4. The molecule has 1 fully saturated rings. The van der Waals surface area contributed by atoms with Gasteiger partial charge in [0.1, 0.15) is 17.5 Å². The summed E-state index contributed by atoms with van der Waals surface area (Å²) in [5, 5.41) is 2.86. The zero-order chi connectivity index (χ0) is 21.8. The number of aryl methyl sites for hydroxylation is 2. The molecule has 0 saturated heterocycles. The molecule has 1 saturated carbocycles. The van der Waals surface area contributed by atoms with Gasteiger partial charge in [-0.05, 0) is 49.6 Å². The van der Waals surface area contributed by atoms with Gasteiger partial charge in [-0.15, -0.1) is 0 Å². The molecule has 0 unspecified atom stereocenters. The molecule has 6 nitrogen and oxygen atoms in total. The van der Waals surface area contributed by atoms with E-state index < -0.39 is 5.41 Å². The van der Waals surface area contributed by atoms with Crippen LogP contribution in [0.3, 0.4) is 0 Å². The number of pyridine rings is 1. The Morgan fingerprint density at radius 1 is 1.26 bits per heavy atom. The van der Waals surface area contributed by atoms with E-state index in [-0.39, 0.29) is 24.2 Å². The minimum atomic E-state index is -0.616. The SMILES string of the molecule is CCCc1nc(C)ncc1OC[C@@]1(c2cccc(F)c2)C[C@H]1C(=O)Nc1ccccn1. The minimum Gasteiger partial charge on any atom is -0.489 e. The van der Waals surface area contributed by atoms with Crippen LogP contribution in [0.4, 0.5) is 10.2 Å². The number of ether oxygens (including phenoxy) is 1. The monoisotopic (exact) mass is 420 g/mol. The summed E-state index contributed by atoms with van der Waals surface area (Å²) in [7, 11) is 0. The smallest absolute Gasteiger partial charge is 0.229 e. The standard InChI is InChI=1S/C24H25FN4O2/c1-3-7-20-21(14-27-16(2)28-20)31-15-24(17-8-6-9-18(25)12-17)13-19(24)23(30)29-22-10-4-5-11-26-22/h4-6,8-12,14,19H,3,7,13,15H2,1-2H3,(H,26,29,30)/t19-,24+/m0/s1. The molecule has 1 aromatic carbocycles. The lowest BCUT2D eigenvalue weighted by atomic mass is 9.93. The second kappa shape index (κ2) is 8.79.